The van der Waals surface area contributed by atoms with Gasteiger partial charge in [-0.05, 0) is 6.32 Å². The molecular weight excluding hydrogens is 86.9 g/mol. The molecule has 0 aliphatic carbocycles. The van der Waals surface area contributed by atoms with Crippen molar-refractivity contribution in [3.05, 3.63) is 0 Å². The summed E-state index contributed by atoms with van der Waals surface area (Å²) in [5.74, 6) is 0. The minimum Gasteiger partial charge on any atom is -0.326 e. The van der Waals surface area contributed by atoms with Crippen LogP contribution in [-0.2, 0) is 5.02 Å². The predicted octanol–water partition coefficient (Wildman–Crippen LogP) is 1.38. The molecular formula is C5H12BO. The highest BCUT2D eigenvalue weighted by Crippen LogP contribution is 1.96. The molecule has 0 atom stereocenters. The van der Waals surface area contributed by atoms with Crippen molar-refractivity contribution in [2.45, 2.75) is 32.5 Å². The van der Waals surface area contributed by atoms with Crippen molar-refractivity contribution < 1.29 is 5.02 Å². The van der Waals surface area contributed by atoms with E-state index in [2.05, 4.69) is 6.92 Å². The fourth-order valence-electron chi connectivity index (χ4n) is 0.529. The predicted molar refractivity (Wildman–Crippen MR) is 32.2 cm³/mol. The molecule has 0 unspecified atom stereocenters. The molecule has 0 saturated carbocycles. The van der Waals surface area contributed by atoms with Gasteiger partial charge in [-0.1, -0.05) is 26.2 Å². The summed E-state index contributed by atoms with van der Waals surface area (Å²) in [7, 11) is 0.111. The van der Waals surface area contributed by atoms with E-state index in [9.17, 15) is 5.02 Å². The van der Waals surface area contributed by atoms with E-state index < -0.39 is 0 Å². The molecule has 0 rings (SSSR count). The van der Waals surface area contributed by atoms with E-state index in [0.717, 1.165) is 12.7 Å². The van der Waals surface area contributed by atoms with E-state index in [-0.39, 0.29) is 7.48 Å². The standard InChI is InChI=1S/C5H12BO/c1-2-3-4-5-6-7/h6H,2-5H2,1H3. The second-order valence-electron chi connectivity index (χ2n) is 1.76. The molecule has 7 heavy (non-hydrogen) atoms. The Morgan fingerprint density at radius 1 is 1.43 bits per heavy atom. The lowest BCUT2D eigenvalue weighted by molar-refractivity contribution is 0.469. The van der Waals surface area contributed by atoms with Crippen LogP contribution in [0.25, 0.3) is 0 Å². The Hall–Kier alpha value is 0.0249. The van der Waals surface area contributed by atoms with Crippen molar-refractivity contribution in [1.29, 1.82) is 0 Å². The third-order valence-corrected chi connectivity index (χ3v) is 0.998. The molecule has 2 heteroatoms. The monoisotopic (exact) mass is 99.1 g/mol. The fraction of sp³-hybridized carbons (Fsp3) is 1.00. The number of unbranched alkanes of at least 4 members (excludes halogenated alkanes) is 2. The number of hydrogen-bond donors (Lipinski definition) is 0. The van der Waals surface area contributed by atoms with Crippen LogP contribution in [0.1, 0.15) is 26.2 Å². The third-order valence-electron chi connectivity index (χ3n) is 0.998. The maximum Gasteiger partial charge on any atom is 0.320 e. The summed E-state index contributed by atoms with van der Waals surface area (Å²) in [5, 5.41) is 9.80. The van der Waals surface area contributed by atoms with Crippen molar-refractivity contribution in [2.75, 3.05) is 0 Å². The van der Waals surface area contributed by atoms with Crippen LogP contribution in [-0.4, -0.2) is 7.48 Å². The third kappa shape index (κ3) is 6.02. The molecule has 0 heterocycles. The van der Waals surface area contributed by atoms with Crippen LogP contribution in [0.4, 0.5) is 0 Å². The Bertz CT molecular complexity index is 27.3. The van der Waals surface area contributed by atoms with Gasteiger partial charge in [0, 0.05) is 0 Å². The van der Waals surface area contributed by atoms with Crippen LogP contribution in [0.2, 0.25) is 6.32 Å². The summed E-state index contributed by atoms with van der Waals surface area (Å²) < 4.78 is 0. The summed E-state index contributed by atoms with van der Waals surface area (Å²) in [4.78, 5) is 0. The normalized spacial score (nSPS) is 8.86. The first kappa shape index (κ1) is 7.02. The maximum absolute atomic E-state index is 9.80. The Balaban J connectivity index is 2.45. The molecule has 41 valence electrons. The van der Waals surface area contributed by atoms with Crippen LogP contribution >= 0.6 is 0 Å². The van der Waals surface area contributed by atoms with Gasteiger partial charge in [-0.15, -0.1) is 0 Å². The SMILES string of the molecule is CCCCCB[O]. The lowest BCUT2D eigenvalue weighted by Crippen LogP contribution is -1.82. The van der Waals surface area contributed by atoms with Crippen LogP contribution < -0.4 is 0 Å². The van der Waals surface area contributed by atoms with E-state index in [0.29, 0.717) is 0 Å². The Morgan fingerprint density at radius 3 is 2.57 bits per heavy atom. The molecule has 0 aliphatic rings. The van der Waals surface area contributed by atoms with E-state index in [4.69, 9.17) is 0 Å². The minimum absolute atomic E-state index is 0.111. The largest absolute Gasteiger partial charge is 0.326 e. The van der Waals surface area contributed by atoms with Crippen LogP contribution in [0.3, 0.4) is 0 Å². The molecule has 0 saturated heterocycles. The average molecular weight is 99.0 g/mol. The van der Waals surface area contributed by atoms with Crippen LogP contribution in [0.15, 0.2) is 0 Å². The van der Waals surface area contributed by atoms with E-state index in [1.165, 1.54) is 12.8 Å². The minimum atomic E-state index is 0.111. The smallest absolute Gasteiger partial charge is 0.320 e. The van der Waals surface area contributed by atoms with Crippen LogP contribution in [0, 0.1) is 0 Å². The zero-order valence-electron chi connectivity index (χ0n) is 4.94. The van der Waals surface area contributed by atoms with Crippen LogP contribution in [0.5, 0.6) is 0 Å². The lowest BCUT2D eigenvalue weighted by atomic mass is 9.92. The van der Waals surface area contributed by atoms with Gasteiger partial charge in [0.15, 0.2) is 0 Å². The van der Waals surface area contributed by atoms with Gasteiger partial charge in [0.05, 0.1) is 0 Å². The molecule has 1 nitrogen and oxygen atoms in total. The molecule has 0 fully saturated rings. The summed E-state index contributed by atoms with van der Waals surface area (Å²) in [6.45, 7) is 2.14. The van der Waals surface area contributed by atoms with Crippen molar-refractivity contribution in [1.82, 2.24) is 0 Å². The first-order chi connectivity index (χ1) is 3.41. The highest BCUT2D eigenvalue weighted by molar-refractivity contribution is 6.24. The van der Waals surface area contributed by atoms with E-state index >= 15 is 0 Å². The molecule has 0 aliphatic heterocycles. The Morgan fingerprint density at radius 2 is 2.14 bits per heavy atom. The maximum atomic E-state index is 9.80. The quantitative estimate of drug-likeness (QED) is 0.374. The van der Waals surface area contributed by atoms with Gasteiger partial charge in [-0.2, -0.15) is 0 Å². The van der Waals surface area contributed by atoms with Crippen molar-refractivity contribution in [2.24, 2.45) is 0 Å². The van der Waals surface area contributed by atoms with Crippen molar-refractivity contribution in [3.8, 4) is 0 Å². The molecule has 1 radical (unpaired) electrons. The fourth-order valence-corrected chi connectivity index (χ4v) is 0.529. The summed E-state index contributed by atoms with van der Waals surface area (Å²) in [5.41, 5.74) is 0. The number of rotatable bonds is 4. The van der Waals surface area contributed by atoms with Gasteiger partial charge in [0.1, 0.15) is 0 Å². The second kappa shape index (κ2) is 6.02. The average Bonchev–Trinajstić information content (AvgIpc) is 1.69. The molecule has 0 aromatic rings. The van der Waals surface area contributed by atoms with Gasteiger partial charge < -0.3 is 5.02 Å². The second-order valence-corrected chi connectivity index (χ2v) is 1.76. The lowest BCUT2D eigenvalue weighted by Gasteiger charge is -1.87. The first-order valence-corrected chi connectivity index (χ1v) is 3.00. The zero-order valence-corrected chi connectivity index (χ0v) is 4.94. The van der Waals surface area contributed by atoms with Gasteiger partial charge in [-0.25, -0.2) is 0 Å². The van der Waals surface area contributed by atoms with E-state index in [1.54, 1.807) is 0 Å². The topological polar surface area (TPSA) is 19.9 Å². The number of hydrogen-bond acceptors (Lipinski definition) is 0. The van der Waals surface area contributed by atoms with Gasteiger partial charge >= 0.3 is 7.48 Å². The highest BCUT2D eigenvalue weighted by atomic mass is 16.2. The van der Waals surface area contributed by atoms with Gasteiger partial charge in [0.2, 0.25) is 0 Å². The van der Waals surface area contributed by atoms with Gasteiger partial charge in [-0.3, -0.25) is 0 Å². The van der Waals surface area contributed by atoms with E-state index in [1.807, 2.05) is 0 Å². The summed E-state index contributed by atoms with van der Waals surface area (Å²) in [6.07, 6.45) is 4.44. The zero-order chi connectivity index (χ0) is 5.54. The molecule has 0 N–H and O–H groups in total. The molecule has 0 bridgehead atoms. The summed E-state index contributed by atoms with van der Waals surface area (Å²) >= 11 is 0. The molecule has 0 aromatic heterocycles. The highest BCUT2D eigenvalue weighted by Gasteiger charge is 1.85. The van der Waals surface area contributed by atoms with Crippen molar-refractivity contribution >= 4 is 7.48 Å². The molecule has 0 amide bonds. The molecule has 0 aromatic carbocycles. The Labute approximate surface area is 46.0 Å². The van der Waals surface area contributed by atoms with Gasteiger partial charge in [0.25, 0.3) is 0 Å². The van der Waals surface area contributed by atoms with Crippen molar-refractivity contribution in [3.63, 3.8) is 0 Å². The Kier molecular flexibility index (Phi) is 6.05. The first-order valence-electron chi connectivity index (χ1n) is 3.00. The molecule has 0 spiro atoms. The summed E-state index contributed by atoms with van der Waals surface area (Å²) in [6, 6.07) is 0.